The van der Waals surface area contributed by atoms with Gasteiger partial charge >= 0.3 is 0 Å². The minimum Gasteiger partial charge on any atom is -0.483 e. The highest BCUT2D eigenvalue weighted by atomic mass is 16.5. The number of fused-ring (bicyclic) bond motifs is 1. The molecular weight excluding hydrogens is 366 g/mol. The van der Waals surface area contributed by atoms with Gasteiger partial charge in [0.1, 0.15) is 5.75 Å². The summed E-state index contributed by atoms with van der Waals surface area (Å²) in [6.07, 6.45) is 1.67. The van der Waals surface area contributed by atoms with Gasteiger partial charge in [0.2, 0.25) is 5.89 Å². The van der Waals surface area contributed by atoms with Crippen LogP contribution in [0.3, 0.4) is 0 Å². The van der Waals surface area contributed by atoms with Gasteiger partial charge in [0.25, 0.3) is 5.91 Å². The predicted molar refractivity (Wildman–Crippen MR) is 112 cm³/mol. The van der Waals surface area contributed by atoms with E-state index in [0.717, 1.165) is 22.3 Å². The second-order valence-corrected chi connectivity index (χ2v) is 6.98. The van der Waals surface area contributed by atoms with Crippen molar-refractivity contribution in [2.75, 3.05) is 11.9 Å². The fourth-order valence-corrected chi connectivity index (χ4v) is 3.07. The summed E-state index contributed by atoms with van der Waals surface area (Å²) >= 11 is 0. The number of hydrogen-bond acceptors (Lipinski definition) is 5. The van der Waals surface area contributed by atoms with Crippen molar-refractivity contribution < 1.29 is 13.9 Å². The average molecular weight is 387 g/mol. The fraction of sp³-hybridized carbons (Fsp3) is 0.174. The first-order chi connectivity index (χ1) is 14.0. The van der Waals surface area contributed by atoms with E-state index < -0.39 is 0 Å². The van der Waals surface area contributed by atoms with E-state index in [2.05, 4.69) is 15.3 Å². The maximum Gasteiger partial charge on any atom is 0.262 e. The minimum absolute atomic E-state index is 0.0691. The highest BCUT2D eigenvalue weighted by molar-refractivity contribution is 5.93. The van der Waals surface area contributed by atoms with Crippen molar-refractivity contribution in [3.8, 4) is 17.2 Å². The molecule has 0 atom stereocenters. The zero-order valence-corrected chi connectivity index (χ0v) is 16.5. The lowest BCUT2D eigenvalue weighted by Crippen LogP contribution is -2.21. The van der Waals surface area contributed by atoms with Crippen LogP contribution in [-0.4, -0.2) is 22.5 Å². The van der Waals surface area contributed by atoms with Crippen LogP contribution in [-0.2, 0) is 4.79 Å². The molecule has 0 bridgehead atoms. The standard InChI is InChI=1S/C23H21N3O3/c1-14-6-9-19(16(3)11-14)28-13-21(27)25-18-12-17(8-7-15(18)2)23-26-22-20(29-23)5-4-10-24-22/h4-12H,13H2,1-3H3,(H,25,27). The number of nitrogens with zero attached hydrogens (tertiary/aromatic N) is 2. The highest BCUT2D eigenvalue weighted by Gasteiger charge is 2.12. The lowest BCUT2D eigenvalue weighted by atomic mass is 10.1. The van der Waals surface area contributed by atoms with Crippen LogP contribution in [0.2, 0.25) is 0 Å². The molecule has 1 amide bonds. The SMILES string of the molecule is Cc1ccc(OCC(=O)Nc2cc(-c3nc4ncccc4o3)ccc2C)c(C)c1. The summed E-state index contributed by atoms with van der Waals surface area (Å²) in [5, 5.41) is 2.91. The molecule has 0 aliphatic rings. The molecular formula is C23H21N3O3. The number of carbonyl (C=O) groups is 1. The largest absolute Gasteiger partial charge is 0.483 e. The van der Waals surface area contributed by atoms with E-state index >= 15 is 0 Å². The van der Waals surface area contributed by atoms with Gasteiger partial charge in [-0.3, -0.25) is 4.79 Å². The van der Waals surface area contributed by atoms with E-state index in [4.69, 9.17) is 9.15 Å². The maximum absolute atomic E-state index is 12.4. The van der Waals surface area contributed by atoms with Crippen molar-refractivity contribution in [2.45, 2.75) is 20.8 Å². The van der Waals surface area contributed by atoms with Crippen LogP contribution in [0.25, 0.3) is 22.7 Å². The van der Waals surface area contributed by atoms with Crippen LogP contribution in [0.1, 0.15) is 16.7 Å². The van der Waals surface area contributed by atoms with Crippen LogP contribution < -0.4 is 10.1 Å². The van der Waals surface area contributed by atoms with Gasteiger partial charge in [-0.1, -0.05) is 23.8 Å². The molecule has 0 spiro atoms. The van der Waals surface area contributed by atoms with E-state index in [9.17, 15) is 4.79 Å². The molecule has 2 heterocycles. The van der Waals surface area contributed by atoms with Crippen LogP contribution >= 0.6 is 0 Å². The van der Waals surface area contributed by atoms with Gasteiger partial charge in [-0.25, -0.2) is 4.98 Å². The molecule has 2 aromatic carbocycles. The molecule has 0 radical (unpaired) electrons. The smallest absolute Gasteiger partial charge is 0.262 e. The molecule has 0 saturated carbocycles. The topological polar surface area (TPSA) is 77.2 Å². The zero-order valence-electron chi connectivity index (χ0n) is 16.5. The molecule has 0 saturated heterocycles. The number of aryl methyl sites for hydroxylation is 3. The van der Waals surface area contributed by atoms with E-state index in [0.29, 0.717) is 28.6 Å². The number of amides is 1. The van der Waals surface area contributed by atoms with Gasteiger partial charge in [0.05, 0.1) is 0 Å². The van der Waals surface area contributed by atoms with Crippen molar-refractivity contribution in [1.29, 1.82) is 0 Å². The lowest BCUT2D eigenvalue weighted by molar-refractivity contribution is -0.118. The number of aromatic nitrogens is 2. The lowest BCUT2D eigenvalue weighted by Gasteiger charge is -2.12. The fourth-order valence-electron chi connectivity index (χ4n) is 3.07. The van der Waals surface area contributed by atoms with Gasteiger partial charge in [0.15, 0.2) is 17.8 Å². The van der Waals surface area contributed by atoms with Crippen molar-refractivity contribution in [2.24, 2.45) is 0 Å². The Labute approximate surface area is 168 Å². The summed E-state index contributed by atoms with van der Waals surface area (Å²) in [4.78, 5) is 21.0. The molecule has 6 heteroatoms. The molecule has 0 fully saturated rings. The summed E-state index contributed by atoms with van der Waals surface area (Å²) in [5.74, 6) is 0.931. The Morgan fingerprint density at radius 1 is 1.07 bits per heavy atom. The van der Waals surface area contributed by atoms with Gasteiger partial charge in [-0.15, -0.1) is 0 Å². The predicted octanol–water partition coefficient (Wildman–Crippen LogP) is 4.83. The number of ether oxygens (including phenoxy) is 1. The third kappa shape index (κ3) is 4.11. The zero-order chi connectivity index (χ0) is 20.4. The molecule has 0 aliphatic carbocycles. The van der Waals surface area contributed by atoms with E-state index in [1.54, 1.807) is 12.3 Å². The Kier molecular flexibility index (Phi) is 4.99. The summed E-state index contributed by atoms with van der Waals surface area (Å²) in [7, 11) is 0. The number of carbonyl (C=O) groups excluding carboxylic acids is 1. The van der Waals surface area contributed by atoms with Crippen LogP contribution in [0.5, 0.6) is 5.75 Å². The number of rotatable bonds is 5. The molecule has 0 unspecified atom stereocenters. The van der Waals surface area contributed by atoms with Crippen LogP contribution in [0.4, 0.5) is 5.69 Å². The number of oxazole rings is 1. The second-order valence-electron chi connectivity index (χ2n) is 6.98. The first-order valence-electron chi connectivity index (χ1n) is 9.32. The van der Waals surface area contributed by atoms with Crippen LogP contribution in [0, 0.1) is 20.8 Å². The van der Waals surface area contributed by atoms with Crippen molar-refractivity contribution in [3.63, 3.8) is 0 Å². The van der Waals surface area contributed by atoms with E-state index in [1.165, 1.54) is 0 Å². The summed E-state index contributed by atoms with van der Waals surface area (Å²) in [6, 6.07) is 15.1. The second kappa shape index (κ2) is 7.75. The molecule has 4 aromatic rings. The first kappa shape index (κ1) is 18.7. The molecule has 2 aromatic heterocycles. The Bertz CT molecular complexity index is 1160. The summed E-state index contributed by atoms with van der Waals surface area (Å²) in [5.41, 5.74) is 5.71. The Hall–Kier alpha value is -3.67. The molecule has 6 nitrogen and oxygen atoms in total. The number of anilines is 1. The average Bonchev–Trinajstić information content (AvgIpc) is 3.13. The number of benzene rings is 2. The molecule has 146 valence electrons. The molecule has 29 heavy (non-hydrogen) atoms. The van der Waals surface area contributed by atoms with Crippen molar-refractivity contribution >= 4 is 22.8 Å². The number of pyridine rings is 1. The third-order valence-electron chi connectivity index (χ3n) is 4.61. The van der Waals surface area contributed by atoms with Gasteiger partial charge < -0.3 is 14.5 Å². The maximum atomic E-state index is 12.4. The normalized spacial score (nSPS) is 10.9. The molecule has 1 N–H and O–H groups in total. The highest BCUT2D eigenvalue weighted by Crippen LogP contribution is 2.27. The third-order valence-corrected chi connectivity index (χ3v) is 4.61. The van der Waals surface area contributed by atoms with E-state index in [1.807, 2.05) is 63.2 Å². The summed E-state index contributed by atoms with van der Waals surface area (Å²) in [6.45, 7) is 5.84. The Balaban J connectivity index is 1.49. The van der Waals surface area contributed by atoms with Gasteiger partial charge in [-0.2, -0.15) is 4.98 Å². The van der Waals surface area contributed by atoms with Gasteiger partial charge in [0, 0.05) is 17.4 Å². The molecule has 0 aliphatic heterocycles. The number of hydrogen-bond donors (Lipinski definition) is 1. The van der Waals surface area contributed by atoms with Gasteiger partial charge in [-0.05, 0) is 62.2 Å². The number of nitrogens with one attached hydrogen (secondary N) is 1. The van der Waals surface area contributed by atoms with E-state index in [-0.39, 0.29) is 12.5 Å². The Morgan fingerprint density at radius 2 is 1.93 bits per heavy atom. The first-order valence-corrected chi connectivity index (χ1v) is 9.32. The quantitative estimate of drug-likeness (QED) is 0.531. The minimum atomic E-state index is -0.232. The Morgan fingerprint density at radius 3 is 2.72 bits per heavy atom. The molecule has 4 rings (SSSR count). The van der Waals surface area contributed by atoms with Crippen molar-refractivity contribution in [1.82, 2.24) is 9.97 Å². The van der Waals surface area contributed by atoms with Crippen LogP contribution in [0.15, 0.2) is 59.1 Å². The summed E-state index contributed by atoms with van der Waals surface area (Å²) < 4.78 is 11.4. The van der Waals surface area contributed by atoms with Crippen molar-refractivity contribution in [3.05, 3.63) is 71.4 Å². The monoisotopic (exact) mass is 387 g/mol.